The Bertz CT molecular complexity index is 628. The van der Waals surface area contributed by atoms with E-state index in [1.165, 1.54) is 12.1 Å². The zero-order valence-corrected chi connectivity index (χ0v) is 16.9. The van der Waals surface area contributed by atoms with E-state index < -0.39 is 0 Å². The van der Waals surface area contributed by atoms with Crippen molar-refractivity contribution in [2.24, 2.45) is 11.3 Å². The highest BCUT2D eigenvalue weighted by atomic mass is 19.1. The Hall–Kier alpha value is -1.46. The van der Waals surface area contributed by atoms with Crippen LogP contribution in [0.2, 0.25) is 0 Å². The molecule has 1 aromatic rings. The third-order valence-electron chi connectivity index (χ3n) is 6.29. The summed E-state index contributed by atoms with van der Waals surface area (Å²) >= 11 is 0. The van der Waals surface area contributed by atoms with Crippen molar-refractivity contribution < 1.29 is 13.9 Å². The van der Waals surface area contributed by atoms with Crippen molar-refractivity contribution in [2.75, 3.05) is 33.4 Å². The smallest absolute Gasteiger partial charge is 0.231 e. The molecule has 150 valence electrons. The number of carbonyl (C=O) groups excluding carboxylic acids is 1. The highest BCUT2D eigenvalue weighted by molar-refractivity contribution is 5.84. The second-order valence-corrected chi connectivity index (χ2v) is 8.58. The van der Waals surface area contributed by atoms with Gasteiger partial charge in [0.1, 0.15) is 5.82 Å². The topological polar surface area (TPSA) is 32.8 Å². The van der Waals surface area contributed by atoms with E-state index in [4.69, 9.17) is 4.74 Å². The van der Waals surface area contributed by atoms with Crippen molar-refractivity contribution in [1.82, 2.24) is 9.80 Å². The monoisotopic (exact) mass is 376 g/mol. The Morgan fingerprint density at radius 3 is 2.48 bits per heavy atom. The molecule has 3 rings (SSSR count). The van der Waals surface area contributed by atoms with Crippen LogP contribution in [-0.4, -0.2) is 55.1 Å². The van der Waals surface area contributed by atoms with Gasteiger partial charge < -0.3 is 9.64 Å². The maximum Gasteiger partial charge on any atom is 0.231 e. The zero-order valence-electron chi connectivity index (χ0n) is 16.9. The summed E-state index contributed by atoms with van der Waals surface area (Å²) in [6.45, 7) is 8.33. The van der Waals surface area contributed by atoms with Crippen molar-refractivity contribution in [3.8, 4) is 0 Å². The van der Waals surface area contributed by atoms with Gasteiger partial charge in [-0.25, -0.2) is 4.39 Å². The van der Waals surface area contributed by atoms with Gasteiger partial charge in [-0.1, -0.05) is 32.4 Å². The number of hydrogen-bond acceptors (Lipinski definition) is 3. The summed E-state index contributed by atoms with van der Waals surface area (Å²) in [5, 5.41) is 0. The molecule has 0 N–H and O–H groups in total. The van der Waals surface area contributed by atoms with E-state index in [0.717, 1.165) is 57.4 Å². The lowest BCUT2D eigenvalue weighted by Gasteiger charge is -2.44. The zero-order chi connectivity index (χ0) is 19.4. The van der Waals surface area contributed by atoms with Crippen LogP contribution in [0.25, 0.3) is 0 Å². The van der Waals surface area contributed by atoms with E-state index in [-0.39, 0.29) is 17.1 Å². The minimum atomic E-state index is -0.289. The first-order valence-electron chi connectivity index (χ1n) is 10.2. The molecule has 0 bridgehead atoms. The van der Waals surface area contributed by atoms with Crippen LogP contribution >= 0.6 is 0 Å². The number of methoxy groups -OCH3 is 1. The number of hydrogen-bond donors (Lipinski definition) is 0. The predicted molar refractivity (Wildman–Crippen MR) is 105 cm³/mol. The van der Waals surface area contributed by atoms with Gasteiger partial charge >= 0.3 is 0 Å². The van der Waals surface area contributed by atoms with Gasteiger partial charge in [0.25, 0.3) is 0 Å². The Morgan fingerprint density at radius 2 is 1.93 bits per heavy atom. The minimum absolute atomic E-state index is 0.198. The number of carbonyl (C=O) groups is 1. The van der Waals surface area contributed by atoms with Gasteiger partial charge in [-0.05, 0) is 42.9 Å². The molecule has 1 saturated heterocycles. The first-order chi connectivity index (χ1) is 12.9. The van der Waals surface area contributed by atoms with Gasteiger partial charge in [-0.15, -0.1) is 0 Å². The molecule has 1 heterocycles. The molecular weight excluding hydrogens is 343 g/mol. The largest absolute Gasteiger partial charge is 0.384 e. The fourth-order valence-electron chi connectivity index (χ4n) is 4.54. The van der Waals surface area contributed by atoms with Crippen LogP contribution in [0.15, 0.2) is 24.3 Å². The van der Waals surface area contributed by atoms with Crippen LogP contribution < -0.4 is 0 Å². The molecule has 1 aliphatic carbocycles. The standard InChI is InChI=1S/C22H33FN2O2/c1-17(2)20-15-25(21(26)22(16-27-3)10-4-11-22)13-5-12-24(20)14-18-6-8-19(23)9-7-18/h6-9,17,20H,4-5,10-16H2,1-3H3. The summed E-state index contributed by atoms with van der Waals surface area (Å²) in [6.07, 6.45) is 3.98. The van der Waals surface area contributed by atoms with Gasteiger partial charge in [-0.3, -0.25) is 9.69 Å². The van der Waals surface area contributed by atoms with E-state index in [2.05, 4.69) is 23.6 Å². The lowest BCUT2D eigenvalue weighted by molar-refractivity contribution is -0.152. The third kappa shape index (κ3) is 4.52. The number of halogens is 1. The van der Waals surface area contributed by atoms with Crippen LogP contribution in [0.3, 0.4) is 0 Å². The SMILES string of the molecule is COCC1(C(=O)N2CCCN(Cc3ccc(F)cc3)C(C(C)C)C2)CCC1. The highest BCUT2D eigenvalue weighted by Gasteiger charge is 2.47. The highest BCUT2D eigenvalue weighted by Crippen LogP contribution is 2.43. The molecule has 4 nitrogen and oxygen atoms in total. The first-order valence-corrected chi connectivity index (χ1v) is 10.2. The van der Waals surface area contributed by atoms with E-state index in [9.17, 15) is 9.18 Å². The van der Waals surface area contributed by atoms with Gasteiger partial charge in [0.2, 0.25) is 5.91 Å². The minimum Gasteiger partial charge on any atom is -0.384 e. The Kier molecular flexibility index (Phi) is 6.53. The number of amides is 1. The number of rotatable bonds is 6. The summed E-state index contributed by atoms with van der Waals surface area (Å²) in [6, 6.07) is 7.09. The van der Waals surface area contributed by atoms with Crippen LogP contribution in [0.5, 0.6) is 0 Å². The third-order valence-corrected chi connectivity index (χ3v) is 6.29. The van der Waals surface area contributed by atoms with Crippen LogP contribution in [0.4, 0.5) is 4.39 Å². The summed E-state index contributed by atoms with van der Waals surface area (Å²) in [7, 11) is 1.69. The Labute approximate surface area is 162 Å². The second-order valence-electron chi connectivity index (χ2n) is 8.58. The summed E-state index contributed by atoms with van der Waals surface area (Å²) in [5.74, 6) is 0.527. The van der Waals surface area contributed by atoms with E-state index in [1.807, 2.05) is 12.1 Å². The van der Waals surface area contributed by atoms with Crippen LogP contribution in [-0.2, 0) is 16.1 Å². The van der Waals surface area contributed by atoms with Crippen LogP contribution in [0.1, 0.15) is 45.1 Å². The molecule has 1 aromatic carbocycles. The van der Waals surface area contributed by atoms with E-state index in [0.29, 0.717) is 18.6 Å². The molecule has 2 fully saturated rings. The lowest BCUT2D eigenvalue weighted by atomic mass is 9.68. The van der Waals surface area contributed by atoms with E-state index in [1.54, 1.807) is 7.11 Å². The molecule has 1 amide bonds. The number of ether oxygens (including phenoxy) is 1. The fourth-order valence-corrected chi connectivity index (χ4v) is 4.54. The fraction of sp³-hybridized carbons (Fsp3) is 0.682. The lowest BCUT2D eigenvalue weighted by Crippen LogP contribution is -2.53. The molecule has 5 heteroatoms. The first kappa shape index (κ1) is 20.3. The predicted octanol–water partition coefficient (Wildman–Crippen LogP) is 3.70. The van der Waals surface area contributed by atoms with Crippen molar-refractivity contribution in [3.05, 3.63) is 35.6 Å². The Morgan fingerprint density at radius 1 is 1.22 bits per heavy atom. The molecule has 1 saturated carbocycles. The number of benzene rings is 1. The Balaban J connectivity index is 1.72. The molecule has 2 aliphatic rings. The van der Waals surface area contributed by atoms with Gasteiger partial charge in [0.05, 0.1) is 12.0 Å². The van der Waals surface area contributed by atoms with Crippen molar-refractivity contribution in [3.63, 3.8) is 0 Å². The molecule has 0 spiro atoms. The molecule has 1 aliphatic heterocycles. The molecule has 27 heavy (non-hydrogen) atoms. The van der Waals surface area contributed by atoms with Crippen molar-refractivity contribution in [2.45, 2.75) is 52.1 Å². The van der Waals surface area contributed by atoms with Crippen molar-refractivity contribution >= 4 is 5.91 Å². The van der Waals surface area contributed by atoms with Gasteiger partial charge in [0, 0.05) is 39.3 Å². The van der Waals surface area contributed by atoms with Gasteiger partial charge in [-0.2, -0.15) is 0 Å². The van der Waals surface area contributed by atoms with Gasteiger partial charge in [0.15, 0.2) is 0 Å². The van der Waals surface area contributed by atoms with E-state index >= 15 is 0 Å². The number of nitrogens with zero attached hydrogens (tertiary/aromatic N) is 2. The average Bonchev–Trinajstić information content (AvgIpc) is 2.82. The summed E-state index contributed by atoms with van der Waals surface area (Å²) < 4.78 is 18.6. The average molecular weight is 377 g/mol. The molecular formula is C22H33FN2O2. The molecule has 1 atom stereocenters. The normalized spacial score (nSPS) is 23.1. The summed E-state index contributed by atoms with van der Waals surface area (Å²) in [5.41, 5.74) is 0.833. The maximum atomic E-state index is 13.3. The molecule has 1 unspecified atom stereocenters. The molecule has 0 radical (unpaired) electrons. The van der Waals surface area contributed by atoms with Crippen LogP contribution in [0, 0.1) is 17.2 Å². The maximum absolute atomic E-state index is 13.3. The molecule has 0 aromatic heterocycles. The van der Waals surface area contributed by atoms with Crippen molar-refractivity contribution in [1.29, 1.82) is 0 Å². The summed E-state index contributed by atoms with van der Waals surface area (Å²) in [4.78, 5) is 17.9. The second kappa shape index (κ2) is 8.70. The quantitative estimate of drug-likeness (QED) is 0.759.